The van der Waals surface area contributed by atoms with Crippen LogP contribution in [0, 0.1) is 0 Å². The van der Waals surface area contributed by atoms with Crippen LogP contribution in [0.15, 0.2) is 30.6 Å². The third-order valence-corrected chi connectivity index (χ3v) is 3.45. The number of aromatic nitrogens is 2. The van der Waals surface area contributed by atoms with E-state index in [1.54, 1.807) is 6.20 Å². The first-order chi connectivity index (χ1) is 9.63. The number of hydrogen-bond acceptors (Lipinski definition) is 3. The molecule has 2 rings (SSSR count). The van der Waals surface area contributed by atoms with Crippen LogP contribution in [0.3, 0.4) is 0 Å². The second-order valence-electron chi connectivity index (χ2n) is 4.60. The highest BCUT2D eigenvalue weighted by Crippen LogP contribution is 2.29. The van der Waals surface area contributed by atoms with Crippen LogP contribution < -0.4 is 10.1 Å². The van der Waals surface area contributed by atoms with Crippen molar-refractivity contribution in [2.75, 3.05) is 6.54 Å². The van der Waals surface area contributed by atoms with Gasteiger partial charge in [0.2, 0.25) is 0 Å². The van der Waals surface area contributed by atoms with Crippen LogP contribution >= 0.6 is 11.6 Å². The average molecular weight is 294 g/mol. The predicted molar refractivity (Wildman–Crippen MR) is 81.5 cm³/mol. The predicted octanol–water partition coefficient (Wildman–Crippen LogP) is 4.02. The SMILES string of the molecule is CCNC(C)c1ccc(Oc2cnn(CC)c2)cc1Cl. The van der Waals surface area contributed by atoms with Gasteiger partial charge in [-0.3, -0.25) is 4.68 Å². The highest BCUT2D eigenvalue weighted by Gasteiger charge is 2.10. The van der Waals surface area contributed by atoms with Gasteiger partial charge in [0.1, 0.15) is 5.75 Å². The Bertz CT molecular complexity index is 568. The van der Waals surface area contributed by atoms with E-state index < -0.39 is 0 Å². The number of hydrogen-bond donors (Lipinski definition) is 1. The van der Waals surface area contributed by atoms with Crippen molar-refractivity contribution in [2.24, 2.45) is 0 Å². The van der Waals surface area contributed by atoms with Crippen molar-refractivity contribution in [2.45, 2.75) is 33.4 Å². The molecule has 5 heteroatoms. The Morgan fingerprint density at radius 3 is 2.75 bits per heavy atom. The van der Waals surface area contributed by atoms with E-state index in [4.69, 9.17) is 16.3 Å². The number of halogens is 1. The lowest BCUT2D eigenvalue weighted by Gasteiger charge is -2.15. The zero-order valence-corrected chi connectivity index (χ0v) is 12.8. The van der Waals surface area contributed by atoms with Gasteiger partial charge in [0, 0.05) is 17.6 Å². The van der Waals surface area contributed by atoms with E-state index in [0.29, 0.717) is 5.02 Å². The molecule has 0 bridgehead atoms. The van der Waals surface area contributed by atoms with Gasteiger partial charge in [0.25, 0.3) is 0 Å². The first kappa shape index (κ1) is 14.9. The Morgan fingerprint density at radius 2 is 2.15 bits per heavy atom. The highest BCUT2D eigenvalue weighted by molar-refractivity contribution is 6.31. The smallest absolute Gasteiger partial charge is 0.165 e. The molecule has 4 nitrogen and oxygen atoms in total. The van der Waals surface area contributed by atoms with Crippen LogP contribution in [0.25, 0.3) is 0 Å². The third-order valence-electron chi connectivity index (χ3n) is 3.12. The van der Waals surface area contributed by atoms with Crippen LogP contribution in [-0.4, -0.2) is 16.3 Å². The summed E-state index contributed by atoms with van der Waals surface area (Å²) in [4.78, 5) is 0. The van der Waals surface area contributed by atoms with Gasteiger partial charge in [-0.15, -0.1) is 0 Å². The summed E-state index contributed by atoms with van der Waals surface area (Å²) in [6.07, 6.45) is 3.57. The largest absolute Gasteiger partial charge is 0.454 e. The summed E-state index contributed by atoms with van der Waals surface area (Å²) in [6.45, 7) is 7.93. The van der Waals surface area contributed by atoms with Crippen molar-refractivity contribution in [1.29, 1.82) is 0 Å². The van der Waals surface area contributed by atoms with Gasteiger partial charge < -0.3 is 10.1 Å². The summed E-state index contributed by atoms with van der Waals surface area (Å²) in [5.74, 6) is 1.44. The fourth-order valence-corrected chi connectivity index (χ4v) is 2.38. The maximum atomic E-state index is 6.32. The topological polar surface area (TPSA) is 39.1 Å². The summed E-state index contributed by atoms with van der Waals surface area (Å²) in [6, 6.07) is 5.99. The number of rotatable bonds is 6. The molecule has 0 saturated heterocycles. The van der Waals surface area contributed by atoms with Crippen molar-refractivity contribution in [3.63, 3.8) is 0 Å². The molecule has 1 heterocycles. The molecule has 1 aromatic heterocycles. The summed E-state index contributed by atoms with van der Waals surface area (Å²) in [5.41, 5.74) is 1.07. The molecule has 0 aliphatic rings. The molecule has 0 aliphatic carbocycles. The van der Waals surface area contributed by atoms with E-state index in [9.17, 15) is 0 Å². The monoisotopic (exact) mass is 293 g/mol. The van der Waals surface area contributed by atoms with E-state index in [1.165, 1.54) is 0 Å². The molecule has 1 atom stereocenters. The molecule has 1 N–H and O–H groups in total. The third kappa shape index (κ3) is 3.52. The maximum Gasteiger partial charge on any atom is 0.165 e. The van der Waals surface area contributed by atoms with Crippen LogP contribution in [-0.2, 0) is 6.54 Å². The zero-order valence-electron chi connectivity index (χ0n) is 12.1. The first-order valence-electron chi connectivity index (χ1n) is 6.87. The Kier molecular flexibility index (Phi) is 5.04. The van der Waals surface area contributed by atoms with Crippen molar-refractivity contribution in [3.8, 4) is 11.5 Å². The van der Waals surface area contributed by atoms with E-state index in [-0.39, 0.29) is 6.04 Å². The Labute approximate surface area is 124 Å². The van der Waals surface area contributed by atoms with E-state index in [1.807, 2.05) is 36.0 Å². The van der Waals surface area contributed by atoms with Crippen LogP contribution in [0.2, 0.25) is 5.02 Å². The molecule has 0 amide bonds. The van der Waals surface area contributed by atoms with Gasteiger partial charge in [0.15, 0.2) is 5.75 Å². The maximum absolute atomic E-state index is 6.32. The molecular formula is C15H20ClN3O. The molecule has 2 aromatic rings. The number of nitrogens with zero attached hydrogens (tertiary/aromatic N) is 2. The van der Waals surface area contributed by atoms with Gasteiger partial charge in [0.05, 0.1) is 12.4 Å². The van der Waals surface area contributed by atoms with Gasteiger partial charge in [-0.1, -0.05) is 24.6 Å². The Morgan fingerprint density at radius 1 is 1.35 bits per heavy atom. The molecule has 1 unspecified atom stereocenters. The van der Waals surface area contributed by atoms with E-state index >= 15 is 0 Å². The zero-order chi connectivity index (χ0) is 14.5. The fraction of sp³-hybridized carbons (Fsp3) is 0.400. The summed E-state index contributed by atoms with van der Waals surface area (Å²) in [7, 11) is 0. The van der Waals surface area contributed by atoms with Gasteiger partial charge in [-0.25, -0.2) is 0 Å². The van der Waals surface area contributed by atoms with Crippen LogP contribution in [0.5, 0.6) is 11.5 Å². The van der Waals surface area contributed by atoms with E-state index in [0.717, 1.165) is 30.2 Å². The quantitative estimate of drug-likeness (QED) is 0.874. The number of ether oxygens (including phenoxy) is 1. The summed E-state index contributed by atoms with van der Waals surface area (Å²) >= 11 is 6.32. The Balaban J connectivity index is 2.12. The highest BCUT2D eigenvalue weighted by atomic mass is 35.5. The molecule has 1 aromatic carbocycles. The number of aryl methyl sites for hydroxylation is 1. The molecule has 108 valence electrons. The molecular weight excluding hydrogens is 274 g/mol. The van der Waals surface area contributed by atoms with Gasteiger partial charge >= 0.3 is 0 Å². The molecule has 0 saturated carbocycles. The minimum Gasteiger partial charge on any atom is -0.454 e. The molecule has 0 spiro atoms. The second kappa shape index (κ2) is 6.77. The summed E-state index contributed by atoms with van der Waals surface area (Å²) in [5, 5.41) is 8.22. The second-order valence-corrected chi connectivity index (χ2v) is 5.00. The van der Waals surface area contributed by atoms with E-state index in [2.05, 4.69) is 24.3 Å². The van der Waals surface area contributed by atoms with Crippen LogP contribution in [0.4, 0.5) is 0 Å². The number of nitrogens with one attached hydrogen (secondary N) is 1. The fourth-order valence-electron chi connectivity index (χ4n) is 2.04. The molecule has 0 radical (unpaired) electrons. The normalized spacial score (nSPS) is 12.4. The number of benzene rings is 1. The van der Waals surface area contributed by atoms with Crippen molar-refractivity contribution in [3.05, 3.63) is 41.2 Å². The van der Waals surface area contributed by atoms with Gasteiger partial charge in [-0.2, -0.15) is 5.10 Å². The molecule has 20 heavy (non-hydrogen) atoms. The summed E-state index contributed by atoms with van der Waals surface area (Å²) < 4.78 is 7.57. The molecule has 0 fully saturated rings. The van der Waals surface area contributed by atoms with Crippen molar-refractivity contribution < 1.29 is 4.74 Å². The minimum absolute atomic E-state index is 0.226. The lowest BCUT2D eigenvalue weighted by molar-refractivity contribution is 0.480. The van der Waals surface area contributed by atoms with Crippen LogP contribution in [0.1, 0.15) is 32.4 Å². The van der Waals surface area contributed by atoms with Crippen molar-refractivity contribution >= 4 is 11.6 Å². The van der Waals surface area contributed by atoms with Gasteiger partial charge in [-0.05, 0) is 38.1 Å². The molecule has 0 aliphatic heterocycles. The standard InChI is InChI=1S/C15H20ClN3O/c1-4-17-11(3)14-7-6-12(8-15(14)16)20-13-9-18-19(5-2)10-13/h6-11,17H,4-5H2,1-3H3. The average Bonchev–Trinajstić information content (AvgIpc) is 2.86. The first-order valence-corrected chi connectivity index (χ1v) is 7.25. The van der Waals surface area contributed by atoms with Crippen molar-refractivity contribution in [1.82, 2.24) is 15.1 Å². The Hall–Kier alpha value is -1.52. The lowest BCUT2D eigenvalue weighted by atomic mass is 10.1. The lowest BCUT2D eigenvalue weighted by Crippen LogP contribution is -2.17. The minimum atomic E-state index is 0.226.